The van der Waals surface area contributed by atoms with Gasteiger partial charge in [0.05, 0.1) is 0 Å². The van der Waals surface area contributed by atoms with Crippen LogP contribution in [0.2, 0.25) is -2.06 Å². The molecule has 0 saturated carbocycles. The molecule has 0 aliphatic heterocycles. The molecule has 4 nitrogen and oxygen atoms in total. The van der Waals surface area contributed by atoms with Crippen molar-refractivity contribution in [2.75, 3.05) is 27.2 Å². The smallest absolute Gasteiger partial charge is 0.0683 e. The second-order valence-corrected chi connectivity index (χ2v) is 72.6. The first-order chi connectivity index (χ1) is 17.0. The van der Waals surface area contributed by atoms with Crippen molar-refractivity contribution >= 4 is 11.8 Å². The van der Waals surface area contributed by atoms with Gasteiger partial charge in [0.25, 0.3) is 0 Å². The van der Waals surface area contributed by atoms with E-state index >= 15 is 0 Å². The van der Waals surface area contributed by atoms with Crippen LogP contribution in [-0.4, -0.2) is 43.5 Å². The number of carbonyl (C=O) groups is 2. The average Bonchev–Trinajstić information content (AvgIpc) is 2.80. The maximum atomic E-state index is 13.5. The van der Waals surface area contributed by atoms with Crippen molar-refractivity contribution in [3.63, 3.8) is 0 Å². The molecule has 1 rings (SSSR count). The molecule has 0 N–H and O–H groups in total. The molecule has 1 aromatic rings. The molecule has 1 atom stereocenters. The third kappa shape index (κ3) is 12.2. The van der Waals surface area contributed by atoms with Crippen molar-refractivity contribution in [1.29, 1.82) is 0 Å². The van der Waals surface area contributed by atoms with Crippen molar-refractivity contribution in [2.24, 2.45) is 10.8 Å². The van der Waals surface area contributed by atoms with Gasteiger partial charge in [-0.05, 0) is 0 Å². The molecule has 7 heteroatoms. The van der Waals surface area contributed by atoms with E-state index in [-0.39, 0.29) is 22.6 Å². The van der Waals surface area contributed by atoms with E-state index in [4.69, 9.17) is 4.74 Å². The summed E-state index contributed by atoms with van der Waals surface area (Å²) in [7, 11) is 4.31. The van der Waals surface area contributed by atoms with Crippen LogP contribution in [0.15, 0.2) is 61.2 Å². The van der Waals surface area contributed by atoms with Crippen LogP contribution in [0.1, 0.15) is 70.3 Å². The quantitative estimate of drug-likeness (QED) is 0.0543. The van der Waals surface area contributed by atoms with E-state index in [9.17, 15) is 9.59 Å². The molecule has 37 heavy (non-hydrogen) atoms. The third-order valence-corrected chi connectivity index (χ3v) is 14.3. The Kier molecular flexibility index (Phi) is 16.7. The molecule has 193 valence electrons. The van der Waals surface area contributed by atoms with Gasteiger partial charge in [-0.15, -0.1) is 0 Å². The Morgan fingerprint density at radius 2 is 1.57 bits per heavy atom. The fraction of sp³-hybridized carbons (Fsp3) is 0.533. The van der Waals surface area contributed by atoms with Gasteiger partial charge in [0.15, 0.2) is 5.78 Å². The van der Waals surface area contributed by atoms with E-state index in [0.29, 0.717) is 98.5 Å². The van der Waals surface area contributed by atoms with Gasteiger partial charge in [-0.1, -0.05) is 45.2 Å². The summed E-state index contributed by atoms with van der Waals surface area (Å²) in [6.07, 6.45) is 6.67. The van der Waals surface area contributed by atoms with Crippen LogP contribution in [0.5, 0.6) is 0 Å². The van der Waals surface area contributed by atoms with Crippen molar-refractivity contribution in [3.8, 4) is 0 Å². The van der Waals surface area contributed by atoms with Crippen molar-refractivity contribution in [2.45, 2.75) is 58.9 Å². The Morgan fingerprint density at radius 1 is 1.03 bits per heavy atom. The van der Waals surface area contributed by atoms with Crippen LogP contribution in [0, 0.1) is 10.8 Å². The number of hydrogen-bond donors (Lipinski definition) is 0. The molecule has 0 saturated heterocycles. The maximum Gasteiger partial charge on any atom is -0.0683 e. The number of carbonyl (C=O) groups excluding carboxylic acids is 2. The number of hydrogen-bond acceptors (Lipinski definition) is 3. The van der Waals surface area contributed by atoms with E-state index < -0.39 is 0 Å². The van der Waals surface area contributed by atoms with Gasteiger partial charge in [-0.3, -0.25) is 4.79 Å². The summed E-state index contributed by atoms with van der Waals surface area (Å²) in [6, 6.07) is 7.74. The van der Waals surface area contributed by atoms with E-state index in [2.05, 4.69) is 54.9 Å². The monoisotopic (exact) mass is 1070 g/mol. The molecule has 0 aliphatic carbocycles. The van der Waals surface area contributed by atoms with E-state index in [1.54, 1.807) is 18.2 Å². The summed E-state index contributed by atoms with van der Waals surface area (Å²) in [5, 5.41) is 0. The molecule has 0 aromatic heterocycles. The van der Waals surface area contributed by atoms with E-state index in [1.165, 1.54) is 0 Å². The van der Waals surface area contributed by atoms with Gasteiger partial charge in [-0.25, -0.2) is 0 Å². The summed E-state index contributed by atoms with van der Waals surface area (Å²) in [5.41, 5.74) is 2.18. The molecular formula is C30H45Hg3NO3+. The number of quaternary nitrogens is 1. The number of benzene rings is 1. The van der Waals surface area contributed by atoms with Crippen LogP contribution >= 0.6 is 0 Å². The molecule has 0 fully saturated rings. The minimum atomic E-state index is -0.259. The third-order valence-electron chi connectivity index (χ3n) is 6.38. The van der Waals surface area contributed by atoms with Crippen molar-refractivity contribution in [3.05, 3.63) is 72.4 Å². The number of likely N-dealkylation sites (N-methyl/N-ethyl adjacent to an activating group) is 1. The minimum absolute atomic E-state index is 0.0570. The fourth-order valence-electron chi connectivity index (χ4n) is 4.41. The van der Waals surface area contributed by atoms with Crippen LogP contribution in [-0.2, 0) is 94.4 Å². The molecule has 0 bridgehead atoms. The number of rotatable bonds is 13. The molecule has 1 aromatic carbocycles. The number of Topliss-reactive ketones (excluding diaryl/α,β-unsaturated/α-hetero) is 1. The molecule has 1 unspecified atom stereocenters. The summed E-state index contributed by atoms with van der Waals surface area (Å²) in [4.78, 5) is 26.1. The Bertz CT molecular complexity index is 938. The second-order valence-electron chi connectivity index (χ2n) is 11.5. The van der Waals surface area contributed by atoms with Gasteiger partial charge in [0.2, 0.25) is 0 Å². The average molecular weight is 1070 g/mol. The number of esters is 1. The summed E-state index contributed by atoms with van der Waals surface area (Å²) in [5.74, 6) is 0.00174. The predicted octanol–water partition coefficient (Wildman–Crippen LogP) is 6.86. The van der Waals surface area contributed by atoms with Crippen molar-refractivity contribution < 1.29 is 97.2 Å². The molecule has 0 spiro atoms. The Morgan fingerprint density at radius 3 is 1.97 bits per heavy atom. The Balaban J connectivity index is 0.00000631. The first-order valence-electron chi connectivity index (χ1n) is 13.2. The zero-order valence-corrected chi connectivity index (χ0v) is 41.3. The molecule has 0 heterocycles. The minimum Gasteiger partial charge on any atom is -0.0683 e. The molecule has 0 amide bonds. The number of ether oxygens (including phenoxy) is 1. The van der Waals surface area contributed by atoms with Crippen LogP contribution < -0.4 is 0 Å². The van der Waals surface area contributed by atoms with Crippen LogP contribution in [0.4, 0.5) is 0 Å². The van der Waals surface area contributed by atoms with Crippen molar-refractivity contribution in [1.82, 2.24) is 0 Å². The van der Waals surface area contributed by atoms with Gasteiger partial charge in [-0.2, -0.15) is 0 Å². The maximum absolute atomic E-state index is 13.5. The zero-order chi connectivity index (χ0) is 29.1. The number of ketones is 1. The zero-order valence-electron chi connectivity index (χ0n) is 24.8. The second kappa shape index (κ2) is 16.6. The predicted molar refractivity (Wildman–Crippen MR) is 142 cm³/mol. The Hall–Kier alpha value is 0.345. The fourth-order valence-corrected chi connectivity index (χ4v) is 10.5. The number of allylic oxidation sites excluding steroid dienone is 4. The van der Waals surface area contributed by atoms with E-state index in [1.807, 2.05) is 38.1 Å². The molecule has 0 aliphatic rings. The van der Waals surface area contributed by atoms with Gasteiger partial charge < -0.3 is 0 Å². The normalized spacial score (nSPS) is 14.2. The molecular weight excluding hydrogens is 1020 g/mol. The first-order valence-corrected chi connectivity index (χ1v) is 21.4. The van der Waals surface area contributed by atoms with Crippen LogP contribution in [0.3, 0.4) is 0 Å². The molecule has 0 radical (unpaired) electrons. The standard InChI is InChI=1S/C28H39NO3.C2H6.3Hg/c1-10-13-23(11-2)25(30)24-16-14-22(15-17-24)20-29(8,9)18-19-32-26(31)28(7,12-3)21-27(4,5)6;1-2;;;/h10-11,13-17H,1-2,12,18-21H2,3-6,8-9H3;1-2H3;;;/q+1;;;;/b23-13+;;;;. The van der Waals surface area contributed by atoms with Gasteiger partial charge in [0, 0.05) is 5.57 Å². The summed E-state index contributed by atoms with van der Waals surface area (Å²) < 4.78 is 7.12. The first kappa shape index (κ1) is 37.3. The van der Waals surface area contributed by atoms with Crippen LogP contribution in [0.25, 0.3) is 0 Å². The van der Waals surface area contributed by atoms with Gasteiger partial charge in [0.1, 0.15) is 0 Å². The SMILES string of the molecule is C=C/C=C(\C=C)C(=O)c1ccc(C[N+](C)(C)CCOC(=O)C(CC)(CC(C)(C)C)[C]([Hg])([Hg])[Hg])cc1.CC. The summed E-state index contributed by atoms with van der Waals surface area (Å²) >= 11 is 1.83. The van der Waals surface area contributed by atoms with E-state index in [0.717, 1.165) is 31.5 Å². The number of nitrogens with zero attached hydrogens (tertiary/aromatic N) is 1. The van der Waals surface area contributed by atoms with Gasteiger partial charge >= 0.3 is 217 Å². The summed E-state index contributed by atoms with van der Waals surface area (Å²) in [6.45, 7) is 22.3. The topological polar surface area (TPSA) is 43.4 Å². The largest absolute Gasteiger partial charge is 0.0683 e. The Labute approximate surface area is 275 Å².